The quantitative estimate of drug-likeness (QED) is 0.548. The third kappa shape index (κ3) is 275. The summed E-state index contributed by atoms with van der Waals surface area (Å²) in [5, 5.41) is 7.33. The van der Waals surface area contributed by atoms with E-state index in [0.717, 1.165) is 12.5 Å². The van der Waals surface area contributed by atoms with Crippen LogP contribution in [0.15, 0.2) is 25.7 Å². The average molecular weight is 226 g/mol. The summed E-state index contributed by atoms with van der Waals surface area (Å²) in [5.74, 6) is -0.329. The van der Waals surface area contributed by atoms with Crippen molar-refractivity contribution in [2.24, 2.45) is 0 Å². The Balaban J connectivity index is -0.0000000553. The summed E-state index contributed by atoms with van der Waals surface area (Å²) >= 11 is 0. The lowest BCUT2D eigenvalue weighted by Crippen LogP contribution is -1.99. The molecule has 0 saturated carbocycles. The molecule has 0 radical (unpaired) electrons. The number of esters is 1. The van der Waals surface area contributed by atoms with Crippen LogP contribution in [0.3, 0.4) is 0 Å². The van der Waals surface area contributed by atoms with E-state index in [9.17, 15) is 4.79 Å². The molecule has 0 aromatic heterocycles. The predicted molar refractivity (Wildman–Crippen MR) is 61.6 cm³/mol. The summed E-state index contributed by atoms with van der Waals surface area (Å²) in [6.07, 6.45) is 1.85. The van der Waals surface area contributed by atoms with Gasteiger partial charge in [-0.25, -0.2) is 0 Å². The van der Waals surface area contributed by atoms with Crippen LogP contribution in [0.1, 0.15) is 6.92 Å². The number of rotatable bonds is 1. The summed E-state index contributed by atoms with van der Waals surface area (Å²) in [4.78, 5) is 11.8. The number of hydrogen-bond acceptors (Lipinski definition) is 4. The highest BCUT2D eigenvalue weighted by Gasteiger charge is 1.79. The number of carbonyl (C=O) groups is 1. The summed E-state index contributed by atoms with van der Waals surface area (Å²) in [7, 11) is 6.00. The molecular formula is C9H20ClNO3. The van der Waals surface area contributed by atoms with Crippen LogP contribution in [0, 0.1) is 0 Å². The monoisotopic (exact) mass is 225 g/mol. The maximum atomic E-state index is 9.75. The molecule has 0 aromatic carbocycles. The van der Waals surface area contributed by atoms with E-state index in [4.69, 9.17) is 5.11 Å². The van der Waals surface area contributed by atoms with E-state index < -0.39 is 0 Å². The molecule has 0 atom stereocenters. The molecule has 1 N–H and O–H groups in total. The Kier molecular flexibility index (Phi) is 37.5. The zero-order valence-corrected chi connectivity index (χ0v) is 10.0. The highest BCUT2D eigenvalue weighted by Crippen LogP contribution is 1.70. The van der Waals surface area contributed by atoms with E-state index in [0.29, 0.717) is 0 Å². The molecule has 0 aromatic rings. The molecule has 0 rings (SSSR count). The first-order valence-corrected chi connectivity index (χ1v) is 3.56. The van der Waals surface area contributed by atoms with Gasteiger partial charge >= 0.3 is 5.97 Å². The van der Waals surface area contributed by atoms with Crippen molar-refractivity contribution >= 4 is 18.4 Å². The summed E-state index contributed by atoms with van der Waals surface area (Å²) in [6.45, 7) is 7.40. The van der Waals surface area contributed by atoms with Crippen molar-refractivity contribution < 1.29 is 14.6 Å². The van der Waals surface area contributed by atoms with Crippen molar-refractivity contribution in [1.29, 1.82) is 0 Å². The van der Waals surface area contributed by atoms with Gasteiger partial charge in [0.1, 0.15) is 0 Å². The van der Waals surface area contributed by atoms with Crippen LogP contribution >= 0.6 is 12.4 Å². The standard InChI is InChI=1S/C4H6O2.C3H9N.C2H4O.ClH/c1-3-6-4(2)5;1-4(2)3;1-2-3;/h3H,1H2,2H3;1-3H3;2-3H,1H2;1H. The lowest BCUT2D eigenvalue weighted by atomic mass is 10.8. The smallest absolute Gasteiger partial charge is 0.307 e. The van der Waals surface area contributed by atoms with Gasteiger partial charge in [-0.1, -0.05) is 13.2 Å². The molecule has 0 bridgehead atoms. The Hall–Kier alpha value is -1.00. The highest BCUT2D eigenvalue weighted by molar-refractivity contribution is 5.85. The van der Waals surface area contributed by atoms with Crippen molar-refractivity contribution in [2.45, 2.75) is 6.92 Å². The Labute approximate surface area is 92.3 Å². The lowest BCUT2D eigenvalue weighted by molar-refractivity contribution is -0.135. The third-order valence-electron chi connectivity index (χ3n) is 0.249. The molecule has 5 heteroatoms. The van der Waals surface area contributed by atoms with Crippen molar-refractivity contribution in [2.75, 3.05) is 21.1 Å². The molecule has 0 aliphatic carbocycles. The van der Waals surface area contributed by atoms with Gasteiger partial charge in [-0.2, -0.15) is 0 Å². The maximum Gasteiger partial charge on any atom is 0.307 e. The Morgan fingerprint density at radius 3 is 1.57 bits per heavy atom. The first-order chi connectivity index (χ1) is 5.92. The molecule has 0 spiro atoms. The van der Waals surface area contributed by atoms with Gasteiger partial charge in [-0.05, 0) is 21.1 Å². The second-order valence-electron chi connectivity index (χ2n) is 2.30. The number of hydrogen-bond donors (Lipinski definition) is 1. The van der Waals surface area contributed by atoms with Crippen LogP contribution in [-0.4, -0.2) is 37.1 Å². The minimum atomic E-state index is -0.329. The highest BCUT2D eigenvalue weighted by atomic mass is 35.5. The Bertz CT molecular complexity index is 135. The zero-order chi connectivity index (χ0) is 11.3. The van der Waals surface area contributed by atoms with Gasteiger partial charge in [-0.3, -0.25) is 4.79 Å². The molecule has 0 aliphatic rings. The molecule has 0 saturated heterocycles. The number of aliphatic hydroxyl groups is 1. The average Bonchev–Trinajstić information content (AvgIpc) is 1.86. The van der Waals surface area contributed by atoms with Crippen LogP contribution in [0.2, 0.25) is 0 Å². The fraction of sp³-hybridized carbons (Fsp3) is 0.444. The molecule has 4 nitrogen and oxygen atoms in total. The van der Waals surface area contributed by atoms with Crippen molar-refractivity contribution in [3.8, 4) is 0 Å². The van der Waals surface area contributed by atoms with Crippen LogP contribution in [-0.2, 0) is 9.53 Å². The number of nitrogens with zero attached hydrogens (tertiary/aromatic N) is 1. The van der Waals surface area contributed by atoms with Crippen molar-refractivity contribution in [3.63, 3.8) is 0 Å². The first kappa shape index (κ1) is 23.1. The predicted octanol–water partition coefficient (Wildman–Crippen LogP) is 1.98. The SMILES string of the molecule is C=CO.C=COC(C)=O.CN(C)C.Cl. The van der Waals surface area contributed by atoms with Gasteiger partial charge in [0.05, 0.1) is 12.5 Å². The molecule has 14 heavy (non-hydrogen) atoms. The van der Waals surface area contributed by atoms with Gasteiger partial charge < -0.3 is 14.7 Å². The van der Waals surface area contributed by atoms with Gasteiger partial charge in [-0.15, -0.1) is 12.4 Å². The largest absolute Gasteiger partial charge is 0.516 e. The number of aliphatic hydroxyl groups excluding tert-OH is 1. The third-order valence-corrected chi connectivity index (χ3v) is 0.249. The summed E-state index contributed by atoms with van der Waals surface area (Å²) < 4.78 is 4.17. The van der Waals surface area contributed by atoms with E-state index in [1.165, 1.54) is 6.92 Å². The summed E-state index contributed by atoms with van der Waals surface area (Å²) in [5.41, 5.74) is 0. The molecule has 86 valence electrons. The molecular weight excluding hydrogens is 206 g/mol. The van der Waals surface area contributed by atoms with Crippen LogP contribution in [0.4, 0.5) is 0 Å². The number of carbonyl (C=O) groups excluding carboxylic acids is 1. The van der Waals surface area contributed by atoms with Gasteiger partial charge in [0.2, 0.25) is 0 Å². The summed E-state index contributed by atoms with van der Waals surface area (Å²) in [6, 6.07) is 0. The first-order valence-electron chi connectivity index (χ1n) is 3.56. The van der Waals surface area contributed by atoms with E-state index in [-0.39, 0.29) is 18.4 Å². The minimum Gasteiger partial charge on any atom is -0.516 e. The van der Waals surface area contributed by atoms with Gasteiger partial charge in [0.25, 0.3) is 0 Å². The molecule has 0 amide bonds. The van der Waals surface area contributed by atoms with E-state index in [2.05, 4.69) is 17.9 Å². The number of halogens is 1. The Morgan fingerprint density at radius 1 is 1.36 bits per heavy atom. The topological polar surface area (TPSA) is 49.8 Å². The van der Waals surface area contributed by atoms with E-state index >= 15 is 0 Å². The molecule has 0 heterocycles. The zero-order valence-electron chi connectivity index (χ0n) is 9.19. The fourth-order valence-corrected chi connectivity index (χ4v) is 0.117. The van der Waals surface area contributed by atoms with Crippen LogP contribution in [0.25, 0.3) is 0 Å². The van der Waals surface area contributed by atoms with E-state index in [1.807, 2.05) is 26.0 Å². The Morgan fingerprint density at radius 2 is 1.57 bits per heavy atom. The molecule has 0 aliphatic heterocycles. The van der Waals surface area contributed by atoms with E-state index in [1.54, 1.807) is 0 Å². The van der Waals surface area contributed by atoms with Crippen molar-refractivity contribution in [1.82, 2.24) is 4.90 Å². The second kappa shape index (κ2) is 22.7. The van der Waals surface area contributed by atoms with Gasteiger partial charge in [0.15, 0.2) is 0 Å². The van der Waals surface area contributed by atoms with Crippen molar-refractivity contribution in [3.05, 3.63) is 25.7 Å². The number of ether oxygens (including phenoxy) is 1. The molecule has 0 fully saturated rings. The van der Waals surface area contributed by atoms with Crippen LogP contribution in [0.5, 0.6) is 0 Å². The molecule has 0 unspecified atom stereocenters. The normalized spacial score (nSPS) is 6.36. The maximum absolute atomic E-state index is 9.75. The lowest BCUT2D eigenvalue weighted by Gasteiger charge is -1.90. The second-order valence-corrected chi connectivity index (χ2v) is 2.30. The van der Waals surface area contributed by atoms with Crippen LogP contribution < -0.4 is 0 Å². The minimum absolute atomic E-state index is 0. The fourth-order valence-electron chi connectivity index (χ4n) is 0.117. The van der Waals surface area contributed by atoms with Gasteiger partial charge in [0, 0.05) is 6.92 Å².